The lowest BCUT2D eigenvalue weighted by atomic mass is 10.5. The largest absolute Gasteiger partial charge is 0.478 e. The van der Waals surface area contributed by atoms with Crippen molar-refractivity contribution in [2.45, 2.75) is 0 Å². The van der Waals surface area contributed by atoms with E-state index in [1.165, 1.54) is 0 Å². The first kappa shape index (κ1) is 7.80. The number of amides is 1. The minimum Gasteiger partial charge on any atom is -0.478 e. The van der Waals surface area contributed by atoms with Crippen LogP contribution in [0.3, 0.4) is 0 Å². The first-order valence-corrected chi connectivity index (χ1v) is 3.42. The molecule has 0 saturated carbocycles. The van der Waals surface area contributed by atoms with Crippen LogP contribution in [0.25, 0.3) is 0 Å². The first-order chi connectivity index (χ1) is 5.09. The van der Waals surface area contributed by atoms with Crippen LogP contribution in [0.1, 0.15) is 0 Å². The molecule has 0 radical (unpaired) electrons. The Morgan fingerprint density at radius 2 is 2.36 bits per heavy atom. The van der Waals surface area contributed by atoms with Crippen LogP contribution in [-0.4, -0.2) is 22.2 Å². The van der Waals surface area contributed by atoms with Crippen LogP contribution < -0.4 is 5.73 Å². The van der Waals surface area contributed by atoms with Crippen LogP contribution in [0.4, 0.5) is 0 Å². The van der Waals surface area contributed by atoms with E-state index in [4.69, 9.17) is 10.8 Å². The number of carboxylic acid groups (broad SMARTS) is 1. The number of thioether (sulfide) groups is 1. The highest BCUT2D eigenvalue weighted by Gasteiger charge is 2.20. The lowest BCUT2D eigenvalue weighted by Crippen LogP contribution is -2.01. The molecule has 0 unspecified atom stereocenters. The van der Waals surface area contributed by atoms with Crippen LogP contribution in [0, 0.1) is 0 Å². The second-order valence-electron chi connectivity index (χ2n) is 1.70. The fourth-order valence-electron chi connectivity index (χ4n) is 0.538. The number of amidine groups is 1. The third-order valence-electron chi connectivity index (χ3n) is 0.892. The van der Waals surface area contributed by atoms with Crippen molar-refractivity contribution in [2.24, 2.45) is 10.7 Å². The molecule has 1 amide bonds. The summed E-state index contributed by atoms with van der Waals surface area (Å²) in [6.07, 6.45) is 0.788. The predicted octanol–water partition coefficient (Wildman–Crippen LogP) is -0.457. The zero-order valence-corrected chi connectivity index (χ0v) is 6.09. The van der Waals surface area contributed by atoms with E-state index in [0.29, 0.717) is 0 Å². The van der Waals surface area contributed by atoms with Gasteiger partial charge in [0.15, 0.2) is 5.17 Å². The molecule has 0 atom stereocenters. The number of nitrogens with two attached hydrogens (primary N) is 1. The average Bonchev–Trinajstić information content (AvgIpc) is 2.09. The normalized spacial score (nSPS) is 20.5. The molecule has 0 fully saturated rings. The third-order valence-corrected chi connectivity index (χ3v) is 1.70. The maximum atomic E-state index is 10.7. The summed E-state index contributed by atoms with van der Waals surface area (Å²) in [7, 11) is 0. The Kier molecular flexibility index (Phi) is 1.95. The molecule has 0 aromatic rings. The molecule has 0 aromatic heterocycles. The molecule has 0 aromatic carbocycles. The zero-order valence-electron chi connectivity index (χ0n) is 5.27. The maximum absolute atomic E-state index is 10.7. The van der Waals surface area contributed by atoms with Crippen molar-refractivity contribution in [1.82, 2.24) is 0 Å². The average molecular weight is 172 g/mol. The summed E-state index contributed by atoms with van der Waals surface area (Å²) in [6.45, 7) is 0. The van der Waals surface area contributed by atoms with Crippen molar-refractivity contribution in [1.29, 1.82) is 0 Å². The summed E-state index contributed by atoms with van der Waals surface area (Å²) < 4.78 is 0. The van der Waals surface area contributed by atoms with E-state index in [0.717, 1.165) is 17.8 Å². The molecule has 0 saturated heterocycles. The van der Waals surface area contributed by atoms with E-state index >= 15 is 0 Å². The minimum atomic E-state index is -1.18. The van der Waals surface area contributed by atoms with Crippen molar-refractivity contribution < 1.29 is 14.7 Å². The summed E-state index contributed by atoms with van der Waals surface area (Å²) in [5.41, 5.74) is 5.15. The monoisotopic (exact) mass is 172 g/mol. The van der Waals surface area contributed by atoms with E-state index in [-0.39, 0.29) is 10.1 Å². The molecule has 3 N–H and O–H groups in total. The quantitative estimate of drug-likeness (QED) is 0.522. The second-order valence-corrected chi connectivity index (χ2v) is 2.77. The molecule has 0 aliphatic carbocycles. The van der Waals surface area contributed by atoms with Crippen LogP contribution in [0.15, 0.2) is 16.0 Å². The fourth-order valence-corrected chi connectivity index (χ4v) is 1.18. The molecule has 1 aliphatic heterocycles. The molecule has 6 heteroatoms. The summed E-state index contributed by atoms with van der Waals surface area (Å²) >= 11 is 0.860. The van der Waals surface area contributed by atoms with Gasteiger partial charge in [-0.1, -0.05) is 0 Å². The molecule has 11 heavy (non-hydrogen) atoms. The minimum absolute atomic E-state index is 0.0509. The SMILES string of the molecule is NC1=NC(=O)/C(=C\C(=O)O)S1. The van der Waals surface area contributed by atoms with E-state index in [2.05, 4.69) is 4.99 Å². The molecule has 1 aliphatic rings. The highest BCUT2D eigenvalue weighted by atomic mass is 32.2. The lowest BCUT2D eigenvalue weighted by Gasteiger charge is -1.86. The van der Waals surface area contributed by atoms with Crippen molar-refractivity contribution in [2.75, 3.05) is 0 Å². The summed E-state index contributed by atoms with van der Waals surface area (Å²) in [6, 6.07) is 0. The molecule has 1 heterocycles. The van der Waals surface area contributed by atoms with Gasteiger partial charge in [-0.15, -0.1) is 0 Å². The Labute approximate surface area is 66.0 Å². The molecule has 1 rings (SSSR count). The van der Waals surface area contributed by atoms with Crippen molar-refractivity contribution in [3.8, 4) is 0 Å². The van der Waals surface area contributed by atoms with Crippen LogP contribution in [0.2, 0.25) is 0 Å². The van der Waals surface area contributed by atoms with Gasteiger partial charge in [0.1, 0.15) is 0 Å². The van der Waals surface area contributed by atoms with Gasteiger partial charge in [-0.05, 0) is 11.8 Å². The van der Waals surface area contributed by atoms with E-state index in [1.54, 1.807) is 0 Å². The molecule has 5 nitrogen and oxygen atoms in total. The second kappa shape index (κ2) is 2.75. The molecule has 0 spiro atoms. The Morgan fingerprint density at radius 1 is 1.73 bits per heavy atom. The van der Waals surface area contributed by atoms with Crippen LogP contribution in [0.5, 0.6) is 0 Å². The Balaban J connectivity index is 2.82. The number of aliphatic carboxylic acids is 1. The summed E-state index contributed by atoms with van der Waals surface area (Å²) in [5.74, 6) is -1.76. The number of hydrogen-bond acceptors (Lipinski definition) is 4. The lowest BCUT2D eigenvalue weighted by molar-refractivity contribution is -0.131. The van der Waals surface area contributed by atoms with Gasteiger partial charge in [0.05, 0.1) is 4.91 Å². The van der Waals surface area contributed by atoms with Gasteiger partial charge in [0, 0.05) is 6.08 Å². The number of rotatable bonds is 1. The Morgan fingerprint density at radius 3 is 2.73 bits per heavy atom. The number of aliphatic imine (C=N–C) groups is 1. The standard InChI is InChI=1S/C5H4N2O3S/c6-5-7-4(10)2(11-5)1-3(8)9/h1H,(H,8,9)(H2,6,7,10)/b2-1+. The first-order valence-electron chi connectivity index (χ1n) is 2.60. The smallest absolute Gasteiger partial charge is 0.329 e. The summed E-state index contributed by atoms with van der Waals surface area (Å²) in [5, 5.41) is 8.33. The van der Waals surface area contributed by atoms with Gasteiger partial charge < -0.3 is 10.8 Å². The number of carbonyl (C=O) groups excluding carboxylic acids is 1. The topological polar surface area (TPSA) is 92.8 Å². The molecular formula is C5H4N2O3S. The van der Waals surface area contributed by atoms with E-state index in [9.17, 15) is 9.59 Å². The molecule has 58 valence electrons. The Bertz CT molecular complexity index is 281. The highest BCUT2D eigenvalue weighted by Crippen LogP contribution is 2.23. The van der Waals surface area contributed by atoms with Crippen molar-refractivity contribution in [3.05, 3.63) is 11.0 Å². The van der Waals surface area contributed by atoms with Gasteiger partial charge >= 0.3 is 5.97 Å². The summed E-state index contributed by atoms with van der Waals surface area (Å²) in [4.78, 5) is 24.1. The maximum Gasteiger partial charge on any atom is 0.329 e. The number of carboxylic acids is 1. The van der Waals surface area contributed by atoms with Gasteiger partial charge in [0.2, 0.25) is 0 Å². The fraction of sp³-hybridized carbons (Fsp3) is 0. The molecular weight excluding hydrogens is 168 g/mol. The highest BCUT2D eigenvalue weighted by molar-refractivity contribution is 8.18. The van der Waals surface area contributed by atoms with Gasteiger partial charge in [-0.25, -0.2) is 4.79 Å². The third kappa shape index (κ3) is 1.81. The van der Waals surface area contributed by atoms with Crippen molar-refractivity contribution in [3.63, 3.8) is 0 Å². The van der Waals surface area contributed by atoms with Gasteiger partial charge in [0.25, 0.3) is 5.91 Å². The zero-order chi connectivity index (χ0) is 8.43. The van der Waals surface area contributed by atoms with Crippen LogP contribution in [-0.2, 0) is 9.59 Å². The molecule has 0 bridgehead atoms. The van der Waals surface area contributed by atoms with Gasteiger partial charge in [-0.2, -0.15) is 4.99 Å². The Hall–Kier alpha value is -1.30. The van der Waals surface area contributed by atoms with E-state index < -0.39 is 11.9 Å². The predicted molar refractivity (Wildman–Crippen MR) is 39.9 cm³/mol. The van der Waals surface area contributed by atoms with Crippen LogP contribution >= 0.6 is 11.8 Å². The number of nitrogens with zero attached hydrogens (tertiary/aromatic N) is 1. The number of carbonyl (C=O) groups is 2. The van der Waals surface area contributed by atoms with E-state index in [1.807, 2.05) is 0 Å². The number of hydrogen-bond donors (Lipinski definition) is 2. The van der Waals surface area contributed by atoms with Crippen molar-refractivity contribution >= 4 is 28.8 Å². The van der Waals surface area contributed by atoms with Gasteiger partial charge in [-0.3, -0.25) is 4.79 Å².